The number of benzene rings is 8. The molecule has 4 aliphatic rings. The molecule has 8 heterocycles. The summed E-state index contributed by atoms with van der Waals surface area (Å²) in [6, 6.07) is 62.7. The normalized spacial score (nSPS) is 14.3. The summed E-state index contributed by atoms with van der Waals surface area (Å²) in [5.41, 5.74) is 16.5. The van der Waals surface area contributed by atoms with E-state index >= 15 is 0 Å². The Labute approximate surface area is 570 Å². The topological polar surface area (TPSA) is 155 Å². The number of hydrogen-bond donors (Lipinski definition) is 0. The van der Waals surface area contributed by atoms with Gasteiger partial charge in [-0.05, 0) is 164 Å². The summed E-state index contributed by atoms with van der Waals surface area (Å²) in [6.45, 7) is 35.0. The van der Waals surface area contributed by atoms with Gasteiger partial charge < -0.3 is 0 Å². The van der Waals surface area contributed by atoms with E-state index in [1.807, 2.05) is 55.4 Å². The summed E-state index contributed by atoms with van der Waals surface area (Å²) in [7, 11) is -6.44. The Morgan fingerprint density at radius 3 is 1.04 bits per heavy atom. The molecule has 0 bridgehead atoms. The van der Waals surface area contributed by atoms with Gasteiger partial charge in [-0.15, -0.1) is 0 Å². The molecule has 0 saturated heterocycles. The molecule has 4 aromatic heterocycles. The quantitative estimate of drug-likeness (QED) is 0.133. The van der Waals surface area contributed by atoms with Crippen molar-refractivity contribution in [1.82, 2.24) is 59.8 Å². The lowest BCUT2D eigenvalue weighted by atomic mass is 9.97. The summed E-state index contributed by atoms with van der Waals surface area (Å²) in [4.78, 5) is 53.2. The molecular formula is C80H84N12Si4. The lowest BCUT2D eigenvalue weighted by Gasteiger charge is -2.22. The molecule has 0 aliphatic carbocycles. The number of aromatic nitrogens is 12. The summed E-state index contributed by atoms with van der Waals surface area (Å²) in [5.74, 6) is 9.77. The maximum Gasteiger partial charge on any atom is 0.136 e. The first-order chi connectivity index (χ1) is 45.8. The molecule has 4 aliphatic heterocycles. The standard InChI is InChI=1S/4C20H21N3Si/c1-13-21-14(2)23-19(22-13)12-15-8-7-10-17-16-9-5-6-11-18(16)24(3,4)20(15)17;1-13-21-14(2)23-19(22-13)12-15-8-7-11-18-20(15)16-9-5-6-10-17(16)24(18,3)4;1-13-21-14(2)23-20(22-13)12-15-9-10-19-17(11-15)16-7-5-6-8-18(16)24(19,3)4;1-13-21-14(2)23-20(22-13)12-15-9-10-17-16-7-5-6-8-18(16)24(3,4)19(17)11-15/h4*5-11H,12H2,1-4H3. The van der Waals surface area contributed by atoms with E-state index in [9.17, 15) is 0 Å². The van der Waals surface area contributed by atoms with E-state index < -0.39 is 32.3 Å². The highest BCUT2D eigenvalue weighted by atomic mass is 28.3. The third-order valence-electron chi connectivity index (χ3n) is 19.7. The van der Waals surface area contributed by atoms with E-state index in [0.717, 1.165) is 95.6 Å². The lowest BCUT2D eigenvalue weighted by molar-refractivity contribution is 0.843. The third kappa shape index (κ3) is 12.6. The molecule has 0 saturated carbocycles. The molecule has 0 fully saturated rings. The van der Waals surface area contributed by atoms with Gasteiger partial charge in [0.2, 0.25) is 0 Å². The van der Waals surface area contributed by atoms with Crippen LogP contribution in [0.2, 0.25) is 52.4 Å². The van der Waals surface area contributed by atoms with Crippen molar-refractivity contribution in [3.8, 4) is 44.5 Å². The van der Waals surface area contributed by atoms with Crippen molar-refractivity contribution < 1.29 is 0 Å². The monoisotopic (exact) mass is 1320 g/mol. The minimum absolute atomic E-state index is 0.752. The zero-order valence-corrected chi connectivity index (χ0v) is 62.4. The predicted molar refractivity (Wildman–Crippen MR) is 403 cm³/mol. The first-order valence-electron chi connectivity index (χ1n) is 33.5. The van der Waals surface area contributed by atoms with Gasteiger partial charge in [0.15, 0.2) is 0 Å². The zero-order chi connectivity index (χ0) is 67.6. The van der Waals surface area contributed by atoms with Crippen LogP contribution in [0.4, 0.5) is 0 Å². The highest BCUT2D eigenvalue weighted by Crippen LogP contribution is 2.35. The Morgan fingerprint density at radius 1 is 0.229 bits per heavy atom. The molecule has 96 heavy (non-hydrogen) atoms. The van der Waals surface area contributed by atoms with Crippen LogP contribution in [0, 0.1) is 55.4 Å². The van der Waals surface area contributed by atoms with E-state index in [0.29, 0.717) is 0 Å². The van der Waals surface area contributed by atoms with E-state index in [2.05, 4.69) is 282 Å². The van der Waals surface area contributed by atoms with Gasteiger partial charge in [0.05, 0.1) is 0 Å². The van der Waals surface area contributed by atoms with Crippen LogP contribution in [-0.2, 0) is 25.7 Å². The van der Waals surface area contributed by atoms with Crippen molar-refractivity contribution in [3.63, 3.8) is 0 Å². The second-order valence-electron chi connectivity index (χ2n) is 28.2. The Kier molecular flexibility index (Phi) is 17.5. The number of fused-ring (bicyclic) bond motifs is 12. The maximum absolute atomic E-state index is 4.54. The van der Waals surface area contributed by atoms with E-state index in [1.54, 1.807) is 15.6 Å². The molecule has 8 aromatic carbocycles. The fourth-order valence-electron chi connectivity index (χ4n) is 15.6. The first kappa shape index (κ1) is 65.3. The van der Waals surface area contributed by atoms with Crippen molar-refractivity contribution in [2.24, 2.45) is 0 Å². The third-order valence-corrected chi connectivity index (χ3v) is 34.0. The molecular weight excluding hydrogens is 1240 g/mol. The van der Waals surface area contributed by atoms with Crippen LogP contribution < -0.4 is 41.5 Å². The van der Waals surface area contributed by atoms with Gasteiger partial charge in [-0.1, -0.05) is 222 Å². The predicted octanol–water partition coefficient (Wildman–Crippen LogP) is 11.5. The fourth-order valence-corrected chi connectivity index (χ4v) is 28.4. The van der Waals surface area contributed by atoms with Crippen molar-refractivity contribution in [2.75, 3.05) is 0 Å². The average molecular weight is 1330 g/mol. The molecule has 12 nitrogen and oxygen atoms in total. The molecule has 0 N–H and O–H groups in total. The lowest BCUT2D eigenvalue weighted by Crippen LogP contribution is -2.50. The van der Waals surface area contributed by atoms with E-state index in [1.165, 1.54) is 92.7 Å². The first-order valence-corrected chi connectivity index (χ1v) is 45.5. The molecule has 0 radical (unpaired) electrons. The van der Waals surface area contributed by atoms with Crippen LogP contribution in [0.3, 0.4) is 0 Å². The number of hydrogen-bond acceptors (Lipinski definition) is 12. The van der Waals surface area contributed by atoms with Gasteiger partial charge in [0.1, 0.15) is 102 Å². The average Bonchev–Trinajstić information content (AvgIpc) is 1.60. The summed E-state index contributed by atoms with van der Waals surface area (Å²) in [5, 5.41) is 12.3. The van der Waals surface area contributed by atoms with Crippen molar-refractivity contribution in [2.45, 2.75) is 133 Å². The van der Waals surface area contributed by atoms with Crippen molar-refractivity contribution in [1.29, 1.82) is 0 Å². The maximum atomic E-state index is 4.54. The van der Waals surface area contributed by atoms with Crippen LogP contribution in [0.5, 0.6) is 0 Å². The van der Waals surface area contributed by atoms with Gasteiger partial charge in [-0.25, -0.2) is 59.8 Å². The molecule has 0 atom stereocenters. The SMILES string of the molecule is Cc1nc(C)nc(Cc2ccc3c(c2)-c2ccccc2[Si]3(C)C)n1.Cc1nc(C)nc(Cc2ccc3c(c2)[Si](C)(C)c2ccccc2-3)n1.Cc1nc(C)nc(Cc2cccc3c2-c2ccccc2[Si]3(C)C)n1.Cc1nc(C)nc(Cc2cccc3c2[Si](C)(C)c2ccccc2-3)n1. The molecule has 0 unspecified atom stereocenters. The molecule has 16 rings (SSSR count). The Hall–Kier alpha value is -9.33. The largest absolute Gasteiger partial charge is 0.219 e. The van der Waals surface area contributed by atoms with Crippen LogP contribution in [0.25, 0.3) is 44.5 Å². The molecule has 0 amide bonds. The molecule has 0 spiro atoms. The van der Waals surface area contributed by atoms with Crippen LogP contribution in [0.1, 0.15) is 92.1 Å². The van der Waals surface area contributed by atoms with Gasteiger partial charge in [0.25, 0.3) is 0 Å². The molecule has 480 valence electrons. The molecule has 12 aromatic rings. The van der Waals surface area contributed by atoms with E-state index in [4.69, 9.17) is 0 Å². The minimum atomic E-state index is -1.68. The zero-order valence-electron chi connectivity index (χ0n) is 58.4. The second kappa shape index (κ2) is 25.7. The van der Waals surface area contributed by atoms with Crippen molar-refractivity contribution >= 4 is 73.8 Å². The Morgan fingerprint density at radius 2 is 0.542 bits per heavy atom. The number of rotatable bonds is 8. The minimum Gasteiger partial charge on any atom is -0.219 e. The van der Waals surface area contributed by atoms with Crippen molar-refractivity contribution in [3.05, 3.63) is 262 Å². The van der Waals surface area contributed by atoms with Gasteiger partial charge in [-0.2, -0.15) is 0 Å². The summed E-state index contributed by atoms with van der Waals surface area (Å²) >= 11 is 0. The van der Waals surface area contributed by atoms with Gasteiger partial charge >= 0.3 is 0 Å². The highest BCUT2D eigenvalue weighted by Gasteiger charge is 2.41. The fraction of sp³-hybridized carbons (Fsp3) is 0.250. The van der Waals surface area contributed by atoms with Crippen LogP contribution >= 0.6 is 0 Å². The summed E-state index contributed by atoms with van der Waals surface area (Å²) < 4.78 is 0. The smallest absolute Gasteiger partial charge is 0.136 e. The molecule has 16 heteroatoms. The van der Waals surface area contributed by atoms with Crippen LogP contribution in [-0.4, -0.2) is 92.1 Å². The Balaban J connectivity index is 0.000000116. The second-order valence-corrected chi connectivity index (χ2v) is 45.5. The van der Waals surface area contributed by atoms with Gasteiger partial charge in [-0.3, -0.25) is 0 Å². The number of nitrogens with zero attached hydrogens (tertiary/aromatic N) is 12. The van der Waals surface area contributed by atoms with Gasteiger partial charge in [0, 0.05) is 25.7 Å². The Bertz CT molecular complexity index is 4950. The highest BCUT2D eigenvalue weighted by molar-refractivity contribution is 7.05. The van der Waals surface area contributed by atoms with E-state index in [-0.39, 0.29) is 0 Å². The summed E-state index contributed by atoms with van der Waals surface area (Å²) in [6.07, 6.45) is 3.05. The van der Waals surface area contributed by atoms with Crippen LogP contribution in [0.15, 0.2) is 170 Å². The number of aryl methyl sites for hydroxylation is 8.